The van der Waals surface area contributed by atoms with E-state index in [1.807, 2.05) is 69.3 Å². The average Bonchev–Trinajstić information content (AvgIpc) is 2.60. The van der Waals surface area contributed by atoms with Crippen molar-refractivity contribution in [1.29, 1.82) is 0 Å². The summed E-state index contributed by atoms with van der Waals surface area (Å²) in [6.07, 6.45) is 1.59. The maximum Gasteiger partial charge on any atom is 0.339 e. The van der Waals surface area contributed by atoms with Gasteiger partial charge in [0.2, 0.25) is 0 Å². The molecule has 0 unspecified atom stereocenters. The second-order valence-electron chi connectivity index (χ2n) is 5.32. The van der Waals surface area contributed by atoms with Crippen LogP contribution in [0.2, 0.25) is 0 Å². The fourth-order valence-electron chi connectivity index (χ4n) is 2.54. The number of carbonyl (C=O) groups excluding carboxylic acids is 1. The van der Waals surface area contributed by atoms with Crippen LogP contribution in [-0.2, 0) is 4.74 Å². The lowest BCUT2D eigenvalue weighted by atomic mass is 9.99. The molecular weight excluding hydrogens is 288 g/mol. The Morgan fingerprint density at radius 2 is 1.52 bits per heavy atom. The first-order valence-electron chi connectivity index (χ1n) is 8.23. The molecule has 0 N–H and O–H groups in total. The minimum Gasteiger partial charge on any atom is -0.493 e. The highest BCUT2D eigenvalue weighted by atomic mass is 16.5. The van der Waals surface area contributed by atoms with E-state index in [0.29, 0.717) is 12.2 Å². The monoisotopic (exact) mass is 312 g/mol. The molecule has 0 aliphatic carbocycles. The molecule has 0 amide bonds. The van der Waals surface area contributed by atoms with E-state index >= 15 is 0 Å². The fraction of sp³-hybridized carbons (Fsp3) is 0.350. The first kappa shape index (κ1) is 17.1. The number of benzene rings is 2. The second-order valence-corrected chi connectivity index (χ2v) is 5.32. The van der Waals surface area contributed by atoms with E-state index in [1.165, 1.54) is 0 Å². The highest BCUT2D eigenvalue weighted by Crippen LogP contribution is 2.32. The van der Waals surface area contributed by atoms with Gasteiger partial charge < -0.3 is 9.47 Å². The van der Waals surface area contributed by atoms with Gasteiger partial charge in [0.25, 0.3) is 0 Å². The van der Waals surface area contributed by atoms with Gasteiger partial charge in [-0.15, -0.1) is 0 Å². The molecule has 0 aromatic heterocycles. The third-order valence-electron chi connectivity index (χ3n) is 3.81. The molecule has 2 rings (SSSR count). The number of rotatable bonds is 7. The van der Waals surface area contributed by atoms with E-state index in [9.17, 15) is 4.79 Å². The van der Waals surface area contributed by atoms with Crippen LogP contribution in [0, 0.1) is 0 Å². The summed E-state index contributed by atoms with van der Waals surface area (Å²) in [6.45, 7) is 6.58. The normalized spacial score (nSPS) is 10.6. The Balaban J connectivity index is 2.40. The molecule has 0 saturated carbocycles. The minimum absolute atomic E-state index is 0.0438. The standard InChI is InChI=1S/C20H24O3/c1-4-15(5-2)23-20(21)18-13-8-7-11-16(18)17-12-9-10-14-19(17)22-6-3/h7-15H,4-6H2,1-3H3. The summed E-state index contributed by atoms with van der Waals surface area (Å²) in [4.78, 5) is 12.6. The molecule has 0 atom stereocenters. The maximum atomic E-state index is 12.6. The van der Waals surface area contributed by atoms with Crippen LogP contribution >= 0.6 is 0 Å². The van der Waals surface area contributed by atoms with Gasteiger partial charge in [0.05, 0.1) is 12.2 Å². The molecule has 0 saturated heterocycles. The Kier molecular flexibility index (Phi) is 6.21. The van der Waals surface area contributed by atoms with Crippen molar-refractivity contribution in [3.05, 3.63) is 54.1 Å². The molecular formula is C20H24O3. The molecule has 2 aromatic carbocycles. The predicted molar refractivity (Wildman–Crippen MR) is 92.8 cm³/mol. The van der Waals surface area contributed by atoms with Crippen molar-refractivity contribution < 1.29 is 14.3 Å². The van der Waals surface area contributed by atoms with Crippen LogP contribution in [0.5, 0.6) is 5.75 Å². The lowest BCUT2D eigenvalue weighted by Gasteiger charge is -2.17. The van der Waals surface area contributed by atoms with Crippen LogP contribution in [0.25, 0.3) is 11.1 Å². The van der Waals surface area contributed by atoms with E-state index < -0.39 is 0 Å². The van der Waals surface area contributed by atoms with E-state index in [2.05, 4.69) is 0 Å². The first-order valence-corrected chi connectivity index (χ1v) is 8.23. The first-order chi connectivity index (χ1) is 11.2. The summed E-state index contributed by atoms with van der Waals surface area (Å²) in [5, 5.41) is 0. The highest BCUT2D eigenvalue weighted by Gasteiger charge is 2.18. The van der Waals surface area contributed by atoms with Gasteiger partial charge in [-0.05, 0) is 37.5 Å². The molecule has 122 valence electrons. The molecule has 0 fully saturated rings. The molecule has 0 aliphatic rings. The van der Waals surface area contributed by atoms with Crippen LogP contribution in [0.4, 0.5) is 0 Å². The molecule has 0 aliphatic heterocycles. The average molecular weight is 312 g/mol. The summed E-state index contributed by atoms with van der Waals surface area (Å²) < 4.78 is 11.3. The highest BCUT2D eigenvalue weighted by molar-refractivity contribution is 5.98. The van der Waals surface area contributed by atoms with E-state index in [-0.39, 0.29) is 12.1 Å². The number of hydrogen-bond acceptors (Lipinski definition) is 3. The number of hydrogen-bond donors (Lipinski definition) is 0. The fourth-order valence-corrected chi connectivity index (χ4v) is 2.54. The van der Waals surface area contributed by atoms with Crippen molar-refractivity contribution in [1.82, 2.24) is 0 Å². The van der Waals surface area contributed by atoms with Gasteiger partial charge >= 0.3 is 5.97 Å². The van der Waals surface area contributed by atoms with Gasteiger partial charge in [-0.25, -0.2) is 4.79 Å². The summed E-state index contributed by atoms with van der Waals surface area (Å²) in [7, 11) is 0. The molecule has 23 heavy (non-hydrogen) atoms. The topological polar surface area (TPSA) is 35.5 Å². The molecule has 0 spiro atoms. The zero-order valence-corrected chi connectivity index (χ0v) is 14.0. The summed E-state index contributed by atoms with van der Waals surface area (Å²) in [5.74, 6) is 0.499. The molecule has 2 aromatic rings. The van der Waals surface area contributed by atoms with Gasteiger partial charge in [-0.3, -0.25) is 0 Å². The summed E-state index contributed by atoms with van der Waals surface area (Å²) in [5.41, 5.74) is 2.32. The molecule has 0 radical (unpaired) electrons. The molecule has 3 heteroatoms. The minimum atomic E-state index is -0.277. The van der Waals surface area contributed by atoms with Crippen molar-refractivity contribution in [2.24, 2.45) is 0 Å². The second kappa shape index (κ2) is 8.37. The van der Waals surface area contributed by atoms with Crippen LogP contribution in [0.15, 0.2) is 48.5 Å². The van der Waals surface area contributed by atoms with Crippen LogP contribution < -0.4 is 4.74 Å². The Morgan fingerprint density at radius 1 is 0.913 bits per heavy atom. The number of esters is 1. The van der Waals surface area contributed by atoms with Gasteiger partial charge in [-0.2, -0.15) is 0 Å². The largest absolute Gasteiger partial charge is 0.493 e. The van der Waals surface area contributed by atoms with Crippen molar-refractivity contribution in [2.45, 2.75) is 39.7 Å². The van der Waals surface area contributed by atoms with E-state index in [0.717, 1.165) is 29.7 Å². The van der Waals surface area contributed by atoms with Gasteiger partial charge in [0.15, 0.2) is 0 Å². The zero-order chi connectivity index (χ0) is 16.7. The Hall–Kier alpha value is -2.29. The number of ether oxygens (including phenoxy) is 2. The molecule has 3 nitrogen and oxygen atoms in total. The Morgan fingerprint density at radius 3 is 2.17 bits per heavy atom. The third-order valence-corrected chi connectivity index (χ3v) is 3.81. The maximum absolute atomic E-state index is 12.6. The van der Waals surface area contributed by atoms with Crippen molar-refractivity contribution in [3.63, 3.8) is 0 Å². The van der Waals surface area contributed by atoms with Crippen LogP contribution in [-0.4, -0.2) is 18.7 Å². The molecule has 0 heterocycles. The quantitative estimate of drug-likeness (QED) is 0.667. The van der Waals surface area contributed by atoms with Crippen molar-refractivity contribution in [3.8, 4) is 16.9 Å². The lowest BCUT2D eigenvalue weighted by molar-refractivity contribution is 0.0285. The van der Waals surface area contributed by atoms with Gasteiger partial charge in [-0.1, -0.05) is 50.2 Å². The Bertz CT molecular complexity index is 645. The van der Waals surface area contributed by atoms with Gasteiger partial charge in [0, 0.05) is 5.56 Å². The summed E-state index contributed by atoms with van der Waals surface area (Å²) in [6, 6.07) is 15.3. The van der Waals surface area contributed by atoms with Crippen LogP contribution in [0.3, 0.4) is 0 Å². The van der Waals surface area contributed by atoms with Crippen molar-refractivity contribution >= 4 is 5.97 Å². The SMILES string of the molecule is CCOc1ccccc1-c1ccccc1C(=O)OC(CC)CC. The van der Waals surface area contributed by atoms with E-state index in [1.54, 1.807) is 0 Å². The number of carbonyl (C=O) groups is 1. The Labute approximate surface area is 138 Å². The van der Waals surface area contributed by atoms with Crippen LogP contribution in [0.1, 0.15) is 44.0 Å². The smallest absolute Gasteiger partial charge is 0.339 e. The summed E-state index contributed by atoms with van der Waals surface area (Å²) >= 11 is 0. The predicted octanol–water partition coefficient (Wildman–Crippen LogP) is 5.10. The van der Waals surface area contributed by atoms with Crippen molar-refractivity contribution in [2.75, 3.05) is 6.61 Å². The van der Waals surface area contributed by atoms with Gasteiger partial charge in [0.1, 0.15) is 11.9 Å². The lowest BCUT2D eigenvalue weighted by Crippen LogP contribution is -2.17. The zero-order valence-electron chi connectivity index (χ0n) is 14.0. The number of para-hydroxylation sites is 1. The molecule has 0 bridgehead atoms. The third kappa shape index (κ3) is 4.13. The van der Waals surface area contributed by atoms with E-state index in [4.69, 9.17) is 9.47 Å².